The lowest BCUT2D eigenvalue weighted by Crippen LogP contribution is -2.55. The summed E-state index contributed by atoms with van der Waals surface area (Å²) in [7, 11) is 0. The van der Waals surface area contributed by atoms with Crippen molar-refractivity contribution in [1.82, 2.24) is 4.90 Å². The molecule has 1 aromatic heterocycles. The predicted octanol–water partition coefficient (Wildman–Crippen LogP) is 3.77. The van der Waals surface area contributed by atoms with Crippen LogP contribution in [-0.2, 0) is 22.5 Å². The van der Waals surface area contributed by atoms with Gasteiger partial charge >= 0.3 is 0 Å². The quantitative estimate of drug-likeness (QED) is 0.803. The average Bonchev–Trinajstić information content (AvgIpc) is 3.07. The molecule has 0 N–H and O–H groups in total. The normalized spacial score (nSPS) is 23.9. The van der Waals surface area contributed by atoms with Gasteiger partial charge in [0.1, 0.15) is 23.9 Å². The van der Waals surface area contributed by atoms with Crippen LogP contribution in [0.3, 0.4) is 0 Å². The van der Waals surface area contributed by atoms with Gasteiger partial charge in [0.2, 0.25) is 0 Å². The SMILES string of the molecule is CCc1ccc(CN2CCCC3(CC2)CN(c2ccc(F)cc2)C(=O)CO3)o1. The molecule has 0 bridgehead atoms. The third-order valence-corrected chi connectivity index (χ3v) is 5.82. The van der Waals surface area contributed by atoms with Gasteiger partial charge in [-0.2, -0.15) is 0 Å². The number of nitrogens with zero attached hydrogens (tertiary/aromatic N) is 2. The fourth-order valence-corrected chi connectivity index (χ4v) is 4.17. The van der Waals surface area contributed by atoms with E-state index in [0.29, 0.717) is 6.54 Å². The zero-order chi connectivity index (χ0) is 19.6. The second kappa shape index (κ2) is 8.05. The van der Waals surface area contributed by atoms with Gasteiger partial charge in [-0.05, 0) is 62.2 Å². The second-order valence-electron chi connectivity index (χ2n) is 7.78. The molecule has 0 aliphatic carbocycles. The summed E-state index contributed by atoms with van der Waals surface area (Å²) in [6.07, 6.45) is 3.68. The van der Waals surface area contributed by atoms with E-state index in [9.17, 15) is 9.18 Å². The average molecular weight is 386 g/mol. The highest BCUT2D eigenvalue weighted by atomic mass is 19.1. The molecule has 3 heterocycles. The molecule has 6 heteroatoms. The molecule has 0 saturated carbocycles. The first kappa shape index (κ1) is 19.2. The van der Waals surface area contributed by atoms with Crippen LogP contribution in [0.25, 0.3) is 0 Å². The molecule has 1 atom stereocenters. The Balaban J connectivity index is 1.43. The molecule has 2 aliphatic rings. The zero-order valence-electron chi connectivity index (χ0n) is 16.3. The molecule has 4 rings (SSSR count). The summed E-state index contributed by atoms with van der Waals surface area (Å²) in [5.41, 5.74) is 0.396. The van der Waals surface area contributed by atoms with E-state index in [1.54, 1.807) is 17.0 Å². The van der Waals surface area contributed by atoms with Crippen LogP contribution in [0.5, 0.6) is 0 Å². The predicted molar refractivity (Wildman–Crippen MR) is 105 cm³/mol. The number of furan rings is 1. The molecule has 2 saturated heterocycles. The van der Waals surface area contributed by atoms with Gasteiger partial charge in [-0.15, -0.1) is 0 Å². The number of ether oxygens (including phenoxy) is 1. The lowest BCUT2D eigenvalue weighted by molar-refractivity contribution is -0.140. The van der Waals surface area contributed by atoms with Crippen molar-refractivity contribution in [3.8, 4) is 0 Å². The first-order valence-corrected chi connectivity index (χ1v) is 10.1. The minimum absolute atomic E-state index is 0.0685. The third kappa shape index (κ3) is 4.13. The summed E-state index contributed by atoms with van der Waals surface area (Å²) < 4.78 is 25.2. The molecule has 28 heavy (non-hydrogen) atoms. The maximum absolute atomic E-state index is 13.3. The molecule has 5 nitrogen and oxygen atoms in total. The fraction of sp³-hybridized carbons (Fsp3) is 0.500. The Labute approximate surface area is 165 Å². The van der Waals surface area contributed by atoms with E-state index in [1.807, 2.05) is 6.07 Å². The number of anilines is 1. The van der Waals surface area contributed by atoms with Gasteiger partial charge in [0, 0.05) is 18.7 Å². The minimum Gasteiger partial charge on any atom is -0.465 e. The monoisotopic (exact) mass is 386 g/mol. The van der Waals surface area contributed by atoms with Crippen LogP contribution in [0.4, 0.5) is 10.1 Å². The van der Waals surface area contributed by atoms with Crippen molar-refractivity contribution in [3.05, 3.63) is 53.7 Å². The molecular formula is C22H27FN2O3. The Kier molecular flexibility index (Phi) is 5.51. The summed E-state index contributed by atoms with van der Waals surface area (Å²) in [4.78, 5) is 16.6. The molecule has 150 valence electrons. The van der Waals surface area contributed by atoms with Crippen molar-refractivity contribution in [1.29, 1.82) is 0 Å². The first-order valence-electron chi connectivity index (χ1n) is 10.1. The van der Waals surface area contributed by atoms with E-state index in [1.165, 1.54) is 12.1 Å². The van der Waals surface area contributed by atoms with Crippen LogP contribution >= 0.6 is 0 Å². The summed E-state index contributed by atoms with van der Waals surface area (Å²) >= 11 is 0. The Bertz CT molecular complexity index is 819. The molecule has 1 amide bonds. The number of halogens is 1. The van der Waals surface area contributed by atoms with Crippen LogP contribution in [0, 0.1) is 5.82 Å². The Morgan fingerprint density at radius 1 is 1.07 bits per heavy atom. The molecule has 2 aromatic rings. The number of carbonyl (C=O) groups is 1. The maximum atomic E-state index is 13.3. The van der Waals surface area contributed by atoms with Crippen molar-refractivity contribution < 1.29 is 18.3 Å². The van der Waals surface area contributed by atoms with Gasteiger partial charge in [-0.25, -0.2) is 4.39 Å². The van der Waals surface area contributed by atoms with E-state index in [0.717, 1.165) is 62.5 Å². The largest absolute Gasteiger partial charge is 0.465 e. The number of amides is 1. The van der Waals surface area contributed by atoms with Crippen LogP contribution in [0.1, 0.15) is 37.7 Å². The Hall–Kier alpha value is -2.18. The van der Waals surface area contributed by atoms with Gasteiger partial charge in [-0.3, -0.25) is 9.69 Å². The first-order chi connectivity index (χ1) is 13.6. The summed E-state index contributed by atoms with van der Waals surface area (Å²) in [5.74, 6) is 1.65. The summed E-state index contributed by atoms with van der Waals surface area (Å²) in [6, 6.07) is 10.2. The second-order valence-corrected chi connectivity index (χ2v) is 7.78. The number of carbonyl (C=O) groups excluding carboxylic acids is 1. The van der Waals surface area contributed by atoms with E-state index >= 15 is 0 Å². The number of benzene rings is 1. The molecular weight excluding hydrogens is 359 g/mol. The molecule has 1 unspecified atom stereocenters. The lowest BCUT2D eigenvalue weighted by Gasteiger charge is -2.42. The molecule has 1 spiro atoms. The van der Waals surface area contributed by atoms with Crippen molar-refractivity contribution in [2.45, 2.75) is 44.8 Å². The van der Waals surface area contributed by atoms with E-state index in [-0.39, 0.29) is 23.9 Å². The third-order valence-electron chi connectivity index (χ3n) is 5.82. The lowest BCUT2D eigenvalue weighted by atomic mass is 9.92. The van der Waals surface area contributed by atoms with Gasteiger partial charge in [0.25, 0.3) is 5.91 Å². The van der Waals surface area contributed by atoms with Crippen LogP contribution in [-0.4, -0.2) is 42.6 Å². The highest BCUT2D eigenvalue weighted by Crippen LogP contribution is 2.33. The molecule has 1 aromatic carbocycles. The maximum Gasteiger partial charge on any atom is 0.253 e. The van der Waals surface area contributed by atoms with Crippen molar-refractivity contribution in [2.24, 2.45) is 0 Å². The smallest absolute Gasteiger partial charge is 0.253 e. The number of morpholine rings is 1. The number of hydrogen-bond acceptors (Lipinski definition) is 4. The molecule has 2 aliphatic heterocycles. The number of rotatable bonds is 4. The standard InChI is InChI=1S/C22H27FN2O3/c1-2-19-8-9-20(28-19)14-24-12-3-10-22(11-13-24)16-25(21(26)15-27-22)18-6-4-17(23)5-7-18/h4-9H,2-3,10-16H2,1H3. The molecule has 0 radical (unpaired) electrons. The molecule has 2 fully saturated rings. The highest BCUT2D eigenvalue weighted by Gasteiger charge is 2.41. The van der Waals surface area contributed by atoms with Gasteiger partial charge < -0.3 is 14.1 Å². The van der Waals surface area contributed by atoms with Gasteiger partial charge in [-0.1, -0.05) is 6.92 Å². The van der Waals surface area contributed by atoms with Gasteiger partial charge in [0.05, 0.1) is 18.7 Å². The highest BCUT2D eigenvalue weighted by molar-refractivity contribution is 5.95. The van der Waals surface area contributed by atoms with Crippen LogP contribution < -0.4 is 4.90 Å². The van der Waals surface area contributed by atoms with E-state index in [2.05, 4.69) is 17.9 Å². The van der Waals surface area contributed by atoms with Gasteiger partial charge in [0.15, 0.2) is 0 Å². The van der Waals surface area contributed by atoms with E-state index < -0.39 is 0 Å². The minimum atomic E-state index is -0.339. The Morgan fingerprint density at radius 2 is 1.86 bits per heavy atom. The number of hydrogen-bond donors (Lipinski definition) is 0. The summed E-state index contributed by atoms with van der Waals surface area (Å²) in [6.45, 7) is 5.37. The van der Waals surface area contributed by atoms with Crippen LogP contribution in [0.2, 0.25) is 0 Å². The number of aryl methyl sites for hydroxylation is 1. The van der Waals surface area contributed by atoms with Crippen molar-refractivity contribution in [2.75, 3.05) is 31.1 Å². The van der Waals surface area contributed by atoms with Crippen molar-refractivity contribution in [3.63, 3.8) is 0 Å². The topological polar surface area (TPSA) is 45.9 Å². The Morgan fingerprint density at radius 3 is 2.61 bits per heavy atom. The number of likely N-dealkylation sites (tertiary alicyclic amines) is 1. The fourth-order valence-electron chi connectivity index (χ4n) is 4.17. The summed E-state index contributed by atoms with van der Waals surface area (Å²) in [5, 5.41) is 0. The van der Waals surface area contributed by atoms with Crippen LogP contribution in [0.15, 0.2) is 40.8 Å². The zero-order valence-corrected chi connectivity index (χ0v) is 16.3. The van der Waals surface area contributed by atoms with E-state index in [4.69, 9.17) is 9.15 Å². The van der Waals surface area contributed by atoms with Crippen molar-refractivity contribution >= 4 is 11.6 Å².